The summed E-state index contributed by atoms with van der Waals surface area (Å²) in [5.74, 6) is 4.81. The van der Waals surface area contributed by atoms with Crippen molar-refractivity contribution in [1.29, 1.82) is 10.5 Å². The summed E-state index contributed by atoms with van der Waals surface area (Å²) in [7, 11) is 0. The van der Waals surface area contributed by atoms with Crippen LogP contribution < -0.4 is 0 Å². The van der Waals surface area contributed by atoms with Gasteiger partial charge in [-0.2, -0.15) is 0 Å². The third-order valence-corrected chi connectivity index (χ3v) is 109. The Hall–Kier alpha value is 1.74. The second-order valence-corrected chi connectivity index (χ2v) is 51.7. The molecule has 9 heteroatoms. The van der Waals surface area contributed by atoms with E-state index in [0.717, 1.165) is 13.6 Å². The number of fused-ring (bicyclic) bond motifs is 2. The second-order valence-electron chi connectivity index (χ2n) is 1.47. The second kappa shape index (κ2) is 3.86. The van der Waals surface area contributed by atoms with Gasteiger partial charge >= 0.3 is 83.3 Å². The Morgan fingerprint density at radius 3 is 1.55 bits per heavy atom. The number of rotatable bonds is 0. The van der Waals surface area contributed by atoms with Crippen molar-refractivity contribution in [2.75, 3.05) is 0 Å². The van der Waals surface area contributed by atoms with Crippen molar-refractivity contribution in [1.82, 2.24) is 0 Å². The fourth-order valence-corrected chi connectivity index (χ4v) is 219. The Morgan fingerprint density at radius 2 is 1.27 bits per heavy atom. The van der Waals surface area contributed by atoms with Gasteiger partial charge in [0.1, 0.15) is 0 Å². The first-order valence-corrected chi connectivity index (χ1v) is 22.5. The molecule has 11 heavy (non-hydrogen) atoms. The SMILES string of the molecule is N#Cp1[se]p2[se]p1[se]p2C#N. The molecule has 0 aliphatic rings. The van der Waals surface area contributed by atoms with E-state index in [9.17, 15) is 0 Å². The van der Waals surface area contributed by atoms with Crippen LogP contribution in [0, 0.1) is 22.1 Å². The van der Waals surface area contributed by atoms with Gasteiger partial charge in [-0.05, 0) is 0 Å². The molecule has 0 spiro atoms. The van der Waals surface area contributed by atoms with E-state index in [4.69, 9.17) is 10.5 Å². The van der Waals surface area contributed by atoms with Crippen LogP contribution in [0.3, 0.4) is 0 Å². The summed E-state index contributed by atoms with van der Waals surface area (Å²) in [5.41, 5.74) is 0. The number of hydrogen-bond acceptors (Lipinski definition) is 2. The van der Waals surface area contributed by atoms with E-state index in [2.05, 4.69) is 11.6 Å². The summed E-state index contributed by atoms with van der Waals surface area (Å²) in [6.45, 7) is 0. The first-order valence-electron chi connectivity index (χ1n) is 2.39. The zero-order chi connectivity index (χ0) is 7.84. The molecule has 4 unspecified atom stereocenters. The fraction of sp³-hybridized carbons (Fsp3) is 0. The monoisotopic (exact) mass is 416 g/mol. The van der Waals surface area contributed by atoms with Crippen molar-refractivity contribution < 1.29 is 0 Å². The van der Waals surface area contributed by atoms with E-state index >= 15 is 0 Å². The molecule has 0 saturated heterocycles. The average Bonchev–Trinajstić information content (AvgIpc) is 2.60. The van der Waals surface area contributed by atoms with E-state index < -0.39 is 0 Å². The number of nitrogens with zero attached hydrogens (tertiary/aromatic N) is 2. The molecule has 2 aromatic heterocycles. The topological polar surface area (TPSA) is 47.6 Å². The van der Waals surface area contributed by atoms with Crippen LogP contribution in [0.5, 0.6) is 0 Å². The predicted octanol–water partition coefficient (Wildman–Crippen LogP) is 2.34. The molecule has 2 nitrogen and oxygen atoms in total. The van der Waals surface area contributed by atoms with Gasteiger partial charge in [0.15, 0.2) is 0 Å². The molecule has 0 fully saturated rings. The normalized spacial score (nSPS) is 16.2. The summed E-state index contributed by atoms with van der Waals surface area (Å²) in [5, 5.41) is 17.6. The molecule has 0 radical (unpaired) electrons. The van der Waals surface area contributed by atoms with Crippen molar-refractivity contribution in [2.24, 2.45) is 0 Å². The van der Waals surface area contributed by atoms with Gasteiger partial charge in [-0.1, -0.05) is 0 Å². The van der Waals surface area contributed by atoms with Crippen LogP contribution in [0.2, 0.25) is 0 Å². The summed E-state index contributed by atoms with van der Waals surface area (Å²) in [6.07, 6.45) is 0. The fourth-order valence-electron chi connectivity index (χ4n) is 0.524. The Balaban J connectivity index is 2.80. The van der Waals surface area contributed by atoms with Crippen LogP contribution in [0.1, 0.15) is 0 Å². The third-order valence-electron chi connectivity index (χ3n) is 0.902. The van der Waals surface area contributed by atoms with Crippen molar-refractivity contribution >= 4 is 61.2 Å². The average molecular weight is 413 g/mol. The first-order chi connectivity index (χ1) is 5.35. The Kier molecular flexibility index (Phi) is 3.26. The minimum atomic E-state index is -0.107. The van der Waals surface area contributed by atoms with Gasteiger partial charge in [0.05, 0.1) is 0 Å². The summed E-state index contributed by atoms with van der Waals surface area (Å²) >= 11 is 2.19. The van der Waals surface area contributed by atoms with Gasteiger partial charge in [-0.15, -0.1) is 0 Å². The van der Waals surface area contributed by atoms with Crippen molar-refractivity contribution in [3.05, 3.63) is 0 Å². The molecule has 0 amide bonds. The molecule has 4 atom stereocenters. The molecular formula is C2N2P4Se3. The van der Waals surface area contributed by atoms with E-state index in [1.165, 1.54) is 0 Å². The van der Waals surface area contributed by atoms with Crippen molar-refractivity contribution in [3.63, 3.8) is 0 Å². The quantitative estimate of drug-likeness (QED) is 0.624. The molecular weight excluding hydrogens is 413 g/mol. The number of nitriles is 2. The van der Waals surface area contributed by atoms with Crippen LogP contribution in [0.4, 0.5) is 0 Å². The molecule has 2 heterocycles. The maximum atomic E-state index is 8.81. The van der Waals surface area contributed by atoms with Gasteiger partial charge in [-0.25, -0.2) is 0 Å². The molecule has 2 aromatic rings. The van der Waals surface area contributed by atoms with Gasteiger partial charge in [0.25, 0.3) is 0 Å². The van der Waals surface area contributed by atoms with Crippen molar-refractivity contribution in [2.45, 2.75) is 0 Å². The first kappa shape index (κ1) is 9.30. The van der Waals surface area contributed by atoms with Crippen LogP contribution in [0.15, 0.2) is 0 Å². The van der Waals surface area contributed by atoms with Gasteiger partial charge in [0, 0.05) is 0 Å². The Morgan fingerprint density at radius 1 is 0.818 bits per heavy atom. The van der Waals surface area contributed by atoms with Gasteiger partial charge < -0.3 is 0 Å². The van der Waals surface area contributed by atoms with Crippen LogP contribution in [0.25, 0.3) is 0 Å². The van der Waals surface area contributed by atoms with E-state index in [0.29, 0.717) is 27.2 Å². The van der Waals surface area contributed by atoms with Crippen LogP contribution >= 0.6 is 20.4 Å². The predicted molar refractivity (Wildman–Crippen MR) is 56.2 cm³/mol. The molecule has 0 aromatic carbocycles. The van der Waals surface area contributed by atoms with Gasteiger partial charge in [0.2, 0.25) is 0 Å². The van der Waals surface area contributed by atoms with Crippen molar-refractivity contribution in [3.8, 4) is 11.6 Å². The molecule has 0 aliphatic heterocycles. The zero-order valence-electron chi connectivity index (χ0n) is 4.91. The summed E-state index contributed by atoms with van der Waals surface area (Å²) in [4.78, 5) is 0. The molecule has 0 aliphatic carbocycles. The van der Waals surface area contributed by atoms with Crippen LogP contribution in [-0.4, -0.2) is 40.8 Å². The van der Waals surface area contributed by atoms with Crippen LogP contribution in [-0.2, 0) is 0 Å². The minimum absolute atomic E-state index is 0.107. The Bertz CT molecular complexity index is 435. The Labute approximate surface area is 82.5 Å². The van der Waals surface area contributed by atoms with E-state index in [-0.39, 0.29) is 20.4 Å². The zero-order valence-corrected chi connectivity index (χ0v) is 13.6. The molecule has 0 saturated carbocycles. The molecule has 2 bridgehead atoms. The van der Waals surface area contributed by atoms with E-state index in [1.807, 2.05) is 0 Å². The third kappa shape index (κ3) is 1.68. The van der Waals surface area contributed by atoms with Gasteiger partial charge in [-0.3, -0.25) is 0 Å². The number of hydrogen-bond donors (Lipinski definition) is 0. The standard InChI is InChI=1S/C2N2P4Se3/c3-1-5-7-10-6(2-4)8(9-5)11-7. The maximum absolute atomic E-state index is 8.81. The summed E-state index contributed by atoms with van der Waals surface area (Å²) < 4.78 is 0.428. The molecule has 0 N–H and O–H groups in total. The molecule has 2 rings (SSSR count). The van der Waals surface area contributed by atoms with E-state index in [1.54, 1.807) is 0 Å². The summed E-state index contributed by atoms with van der Waals surface area (Å²) in [6, 6.07) is 0. The molecule has 56 valence electrons.